The van der Waals surface area contributed by atoms with Gasteiger partial charge in [0.1, 0.15) is 0 Å². The van der Waals surface area contributed by atoms with Crippen LogP contribution in [-0.4, -0.2) is 44.1 Å². The van der Waals surface area contributed by atoms with E-state index in [2.05, 4.69) is 22.6 Å². The fourth-order valence-electron chi connectivity index (χ4n) is 2.66. The lowest BCUT2D eigenvalue weighted by molar-refractivity contribution is -0.137. The third-order valence-corrected chi connectivity index (χ3v) is 5.07. The van der Waals surface area contributed by atoms with E-state index in [1.807, 2.05) is 36.4 Å². The molecule has 0 spiro atoms. The Bertz CT molecular complexity index is 881. The van der Waals surface area contributed by atoms with Crippen LogP contribution < -0.4 is 9.47 Å². The molecule has 0 saturated heterocycles. The van der Waals surface area contributed by atoms with Crippen molar-refractivity contribution in [1.29, 1.82) is 0 Å². The zero-order valence-corrected chi connectivity index (χ0v) is 18.8. The van der Waals surface area contributed by atoms with Gasteiger partial charge in [-0.05, 0) is 65.8 Å². The van der Waals surface area contributed by atoms with Crippen molar-refractivity contribution in [2.75, 3.05) is 27.4 Å². The van der Waals surface area contributed by atoms with Crippen molar-refractivity contribution < 1.29 is 23.8 Å². The smallest absolute Gasteiger partial charge is 0.332 e. The summed E-state index contributed by atoms with van der Waals surface area (Å²) in [6, 6.07) is 13.0. The van der Waals surface area contributed by atoms with Gasteiger partial charge in [-0.25, -0.2) is 4.79 Å². The highest BCUT2D eigenvalue weighted by molar-refractivity contribution is 14.1. The fourth-order valence-corrected chi connectivity index (χ4v) is 3.28. The summed E-state index contributed by atoms with van der Waals surface area (Å²) in [6.07, 6.45) is 3.32. The Morgan fingerprint density at radius 2 is 1.79 bits per heavy atom. The van der Waals surface area contributed by atoms with Crippen molar-refractivity contribution in [1.82, 2.24) is 4.90 Å². The summed E-state index contributed by atoms with van der Waals surface area (Å²) in [7, 11) is 3.16. The number of methoxy groups -OCH3 is 2. The molecule has 2 aromatic rings. The third-order valence-electron chi connectivity index (χ3n) is 4.13. The van der Waals surface area contributed by atoms with Crippen molar-refractivity contribution in [2.45, 2.75) is 13.3 Å². The van der Waals surface area contributed by atoms with Gasteiger partial charge in [0, 0.05) is 22.4 Å². The first-order chi connectivity index (χ1) is 14.0. The van der Waals surface area contributed by atoms with Crippen LogP contribution >= 0.6 is 22.6 Å². The number of amides is 1. The van der Waals surface area contributed by atoms with E-state index in [4.69, 9.17) is 14.2 Å². The van der Waals surface area contributed by atoms with E-state index in [1.165, 1.54) is 17.2 Å². The van der Waals surface area contributed by atoms with Crippen molar-refractivity contribution in [3.05, 3.63) is 69.4 Å². The van der Waals surface area contributed by atoms with E-state index in [-0.39, 0.29) is 12.5 Å². The Morgan fingerprint density at radius 1 is 1.07 bits per heavy atom. The predicted molar refractivity (Wildman–Crippen MR) is 119 cm³/mol. The Morgan fingerprint density at radius 3 is 2.45 bits per heavy atom. The predicted octanol–water partition coefficient (Wildman–Crippen LogP) is 4.07. The van der Waals surface area contributed by atoms with Gasteiger partial charge in [-0.3, -0.25) is 4.79 Å². The van der Waals surface area contributed by atoms with Gasteiger partial charge in [0.15, 0.2) is 11.5 Å². The van der Waals surface area contributed by atoms with E-state index in [1.54, 1.807) is 27.2 Å². The lowest BCUT2D eigenvalue weighted by Crippen LogP contribution is -2.29. The molecule has 7 heteroatoms. The molecule has 2 rings (SSSR count). The molecule has 154 valence electrons. The van der Waals surface area contributed by atoms with Crippen LogP contribution in [0.15, 0.2) is 54.7 Å². The maximum atomic E-state index is 13.1. The van der Waals surface area contributed by atoms with Gasteiger partial charge in [-0.1, -0.05) is 18.2 Å². The Balaban J connectivity index is 2.22. The van der Waals surface area contributed by atoms with Gasteiger partial charge in [-0.15, -0.1) is 0 Å². The molecule has 0 fully saturated rings. The number of halogens is 1. The molecule has 2 aromatic carbocycles. The molecule has 6 nitrogen and oxygen atoms in total. The van der Waals surface area contributed by atoms with Gasteiger partial charge in [0.25, 0.3) is 5.91 Å². The minimum atomic E-state index is -0.487. The quantitative estimate of drug-likeness (QED) is 0.290. The summed E-state index contributed by atoms with van der Waals surface area (Å²) >= 11 is 2.13. The Hall–Kier alpha value is -2.55. The number of carbonyl (C=O) groups excluding carboxylic acids is 2. The molecule has 0 atom stereocenters. The number of esters is 1. The minimum absolute atomic E-state index is 0.184. The second-order valence-electron chi connectivity index (χ2n) is 5.99. The van der Waals surface area contributed by atoms with Crippen LogP contribution in [0.1, 0.15) is 22.8 Å². The summed E-state index contributed by atoms with van der Waals surface area (Å²) in [5.74, 6) is 0.600. The summed E-state index contributed by atoms with van der Waals surface area (Å²) < 4.78 is 16.4. The number of carbonyl (C=O) groups is 2. The number of hydrogen-bond acceptors (Lipinski definition) is 5. The van der Waals surface area contributed by atoms with Gasteiger partial charge in [-0.2, -0.15) is 0 Å². The van der Waals surface area contributed by atoms with Crippen LogP contribution in [0.4, 0.5) is 0 Å². The molecular formula is C22H24INO5. The molecule has 0 aliphatic carbocycles. The standard InChI is InChI=1S/C22H24INO5/c1-4-29-21(25)12-14-24(22(26)17-7-5-6-8-18(17)23)13-11-16-9-10-19(27-2)20(15-16)28-3/h5-10,12,14-15H,4,11,13H2,1-3H3/b14-12+. The maximum Gasteiger partial charge on any atom is 0.332 e. The van der Waals surface area contributed by atoms with Crippen LogP contribution in [0.2, 0.25) is 0 Å². The molecule has 0 bridgehead atoms. The van der Waals surface area contributed by atoms with Crippen LogP contribution in [0.5, 0.6) is 11.5 Å². The molecule has 0 saturated carbocycles. The summed E-state index contributed by atoms with van der Waals surface area (Å²) in [5.41, 5.74) is 1.56. The molecule has 0 heterocycles. The summed E-state index contributed by atoms with van der Waals surface area (Å²) in [4.78, 5) is 26.3. The maximum absolute atomic E-state index is 13.1. The van der Waals surface area contributed by atoms with E-state index in [0.29, 0.717) is 30.0 Å². The largest absolute Gasteiger partial charge is 0.493 e. The fraction of sp³-hybridized carbons (Fsp3) is 0.273. The monoisotopic (exact) mass is 509 g/mol. The highest BCUT2D eigenvalue weighted by atomic mass is 127. The number of hydrogen-bond donors (Lipinski definition) is 0. The average Bonchev–Trinajstić information content (AvgIpc) is 2.73. The number of ether oxygens (including phenoxy) is 3. The van der Waals surface area contributed by atoms with E-state index in [0.717, 1.165) is 9.13 Å². The second kappa shape index (κ2) is 11.5. The number of benzene rings is 2. The first kappa shape index (κ1) is 22.7. The van der Waals surface area contributed by atoms with Crippen LogP contribution in [0, 0.1) is 3.57 Å². The van der Waals surface area contributed by atoms with Crippen molar-refractivity contribution in [3.63, 3.8) is 0 Å². The van der Waals surface area contributed by atoms with Gasteiger partial charge in [0.05, 0.1) is 26.4 Å². The third kappa shape index (κ3) is 6.49. The second-order valence-corrected chi connectivity index (χ2v) is 7.15. The minimum Gasteiger partial charge on any atom is -0.493 e. The van der Waals surface area contributed by atoms with Crippen LogP contribution in [0.25, 0.3) is 0 Å². The van der Waals surface area contributed by atoms with Crippen molar-refractivity contribution in [2.24, 2.45) is 0 Å². The molecular weight excluding hydrogens is 485 g/mol. The Kier molecular flexibility index (Phi) is 8.98. The summed E-state index contributed by atoms with van der Waals surface area (Å²) in [5, 5.41) is 0. The average molecular weight is 509 g/mol. The van der Waals surface area contributed by atoms with Crippen LogP contribution in [0.3, 0.4) is 0 Å². The van der Waals surface area contributed by atoms with Gasteiger partial charge < -0.3 is 19.1 Å². The molecule has 0 N–H and O–H groups in total. The molecule has 0 aromatic heterocycles. The first-order valence-corrected chi connectivity index (χ1v) is 10.2. The van der Waals surface area contributed by atoms with E-state index < -0.39 is 5.97 Å². The van der Waals surface area contributed by atoms with Crippen LogP contribution in [-0.2, 0) is 16.0 Å². The normalized spacial score (nSPS) is 10.6. The lowest BCUT2D eigenvalue weighted by Gasteiger charge is -2.19. The molecule has 0 aliphatic rings. The molecule has 1 amide bonds. The number of rotatable bonds is 9. The highest BCUT2D eigenvalue weighted by Crippen LogP contribution is 2.27. The SMILES string of the molecule is CCOC(=O)/C=C/N(CCc1ccc(OC)c(OC)c1)C(=O)c1ccccc1I. The zero-order valence-electron chi connectivity index (χ0n) is 16.7. The Labute approximate surface area is 184 Å². The summed E-state index contributed by atoms with van der Waals surface area (Å²) in [6.45, 7) is 2.40. The van der Waals surface area contributed by atoms with Crippen molar-refractivity contribution in [3.8, 4) is 11.5 Å². The topological polar surface area (TPSA) is 65.1 Å². The highest BCUT2D eigenvalue weighted by Gasteiger charge is 2.17. The molecule has 0 aliphatic heterocycles. The number of nitrogens with zero attached hydrogens (tertiary/aromatic N) is 1. The van der Waals surface area contributed by atoms with E-state index >= 15 is 0 Å². The molecule has 29 heavy (non-hydrogen) atoms. The first-order valence-electron chi connectivity index (χ1n) is 9.11. The van der Waals surface area contributed by atoms with E-state index in [9.17, 15) is 9.59 Å². The zero-order chi connectivity index (χ0) is 21.2. The lowest BCUT2D eigenvalue weighted by atomic mass is 10.1. The van der Waals surface area contributed by atoms with Gasteiger partial charge >= 0.3 is 5.97 Å². The van der Waals surface area contributed by atoms with Gasteiger partial charge in [0.2, 0.25) is 0 Å². The van der Waals surface area contributed by atoms with Crippen molar-refractivity contribution >= 4 is 34.5 Å². The molecule has 0 radical (unpaired) electrons. The molecule has 0 unspecified atom stereocenters.